The van der Waals surface area contributed by atoms with Gasteiger partial charge >= 0.3 is 5.97 Å². The normalized spacial score (nSPS) is 11.2. The summed E-state index contributed by atoms with van der Waals surface area (Å²) >= 11 is 5.90. The van der Waals surface area contributed by atoms with Crippen molar-refractivity contribution in [3.63, 3.8) is 0 Å². The van der Waals surface area contributed by atoms with Crippen molar-refractivity contribution in [2.24, 2.45) is 5.41 Å². The van der Waals surface area contributed by atoms with Crippen molar-refractivity contribution in [1.82, 2.24) is 0 Å². The number of nitro groups is 1. The fourth-order valence-electron chi connectivity index (χ4n) is 1.67. The number of rotatable bonds is 8. The average molecular weight is 316 g/mol. The number of nitro benzene ring substituents is 1. The highest BCUT2D eigenvalue weighted by molar-refractivity contribution is 6.32. The Kier molecular flexibility index (Phi) is 5.96. The third-order valence-electron chi connectivity index (χ3n) is 3.16. The summed E-state index contributed by atoms with van der Waals surface area (Å²) in [7, 11) is 0. The fourth-order valence-corrected chi connectivity index (χ4v) is 1.85. The van der Waals surface area contributed by atoms with Gasteiger partial charge in [-0.15, -0.1) is 0 Å². The lowest BCUT2D eigenvalue weighted by molar-refractivity contribution is -0.384. The largest absolute Gasteiger partial charge is 0.492 e. The Morgan fingerprint density at radius 3 is 2.67 bits per heavy atom. The lowest BCUT2D eigenvalue weighted by atomic mass is 9.87. The van der Waals surface area contributed by atoms with Crippen molar-refractivity contribution in [3.05, 3.63) is 33.3 Å². The second-order valence-corrected chi connectivity index (χ2v) is 5.77. The molecule has 0 unspecified atom stereocenters. The molecule has 1 N–H and O–H groups in total. The number of hydrogen-bond donors (Lipinski definition) is 1. The lowest BCUT2D eigenvalue weighted by Crippen LogP contribution is -2.23. The number of unbranched alkanes of at least 4 members (excludes halogenated alkanes) is 1. The van der Waals surface area contributed by atoms with E-state index in [2.05, 4.69) is 0 Å². The summed E-state index contributed by atoms with van der Waals surface area (Å²) in [6.45, 7) is 3.68. The highest BCUT2D eigenvalue weighted by Gasteiger charge is 2.26. The molecule has 0 heterocycles. The minimum absolute atomic E-state index is 0.0820. The first-order valence-electron chi connectivity index (χ1n) is 6.54. The number of aliphatic carboxylic acids is 1. The number of halogens is 1. The van der Waals surface area contributed by atoms with Gasteiger partial charge < -0.3 is 9.84 Å². The van der Waals surface area contributed by atoms with E-state index in [-0.39, 0.29) is 11.4 Å². The zero-order valence-corrected chi connectivity index (χ0v) is 12.7. The Bertz CT molecular complexity index is 530. The van der Waals surface area contributed by atoms with Crippen LogP contribution in [0.1, 0.15) is 33.1 Å². The van der Waals surface area contributed by atoms with Crippen LogP contribution in [0.15, 0.2) is 18.2 Å². The number of hydrogen-bond acceptors (Lipinski definition) is 4. The van der Waals surface area contributed by atoms with Gasteiger partial charge in [0.15, 0.2) is 0 Å². The monoisotopic (exact) mass is 315 g/mol. The third-order valence-corrected chi connectivity index (χ3v) is 3.47. The zero-order valence-electron chi connectivity index (χ0n) is 12.0. The second-order valence-electron chi connectivity index (χ2n) is 5.37. The Hall–Kier alpha value is -1.82. The van der Waals surface area contributed by atoms with Crippen LogP contribution in [-0.4, -0.2) is 22.6 Å². The van der Waals surface area contributed by atoms with Crippen molar-refractivity contribution in [2.75, 3.05) is 6.61 Å². The van der Waals surface area contributed by atoms with E-state index >= 15 is 0 Å². The molecule has 0 bridgehead atoms. The molecule has 21 heavy (non-hydrogen) atoms. The molecule has 0 saturated carbocycles. The van der Waals surface area contributed by atoms with Gasteiger partial charge in [0.2, 0.25) is 0 Å². The average Bonchev–Trinajstić information content (AvgIpc) is 2.39. The SMILES string of the molecule is CC(C)(CCCCOc1cc([N+](=O)[O-])ccc1Cl)C(=O)O. The maximum absolute atomic E-state index is 10.9. The lowest BCUT2D eigenvalue weighted by Gasteiger charge is -2.18. The standard InChI is InChI=1S/C14H18ClNO5/c1-14(2,13(17)18)7-3-4-8-21-12-9-10(16(19)20)5-6-11(12)15/h5-6,9H,3-4,7-8H2,1-2H3,(H,17,18). The number of carbonyl (C=O) groups is 1. The molecule has 0 aliphatic carbocycles. The molecule has 116 valence electrons. The predicted octanol–water partition coefficient (Wildman–Crippen LogP) is 3.91. The highest BCUT2D eigenvalue weighted by atomic mass is 35.5. The molecule has 0 fully saturated rings. The molecule has 1 rings (SSSR count). The van der Waals surface area contributed by atoms with Gasteiger partial charge in [-0.3, -0.25) is 14.9 Å². The van der Waals surface area contributed by atoms with E-state index in [0.29, 0.717) is 30.9 Å². The van der Waals surface area contributed by atoms with Crippen molar-refractivity contribution >= 4 is 23.3 Å². The number of benzene rings is 1. The van der Waals surface area contributed by atoms with Gasteiger partial charge in [0, 0.05) is 6.07 Å². The molecule has 0 spiro atoms. The molecule has 7 heteroatoms. The number of carboxylic acid groups (broad SMARTS) is 1. The second kappa shape index (κ2) is 7.26. The van der Waals surface area contributed by atoms with E-state index in [1.54, 1.807) is 13.8 Å². The van der Waals surface area contributed by atoms with Crippen LogP contribution in [0.25, 0.3) is 0 Å². The minimum atomic E-state index is -0.829. The van der Waals surface area contributed by atoms with Gasteiger partial charge in [0.1, 0.15) is 5.75 Å². The molecule has 0 aliphatic rings. The summed E-state index contributed by atoms with van der Waals surface area (Å²) in [6, 6.07) is 4.01. The molecule has 0 aromatic heterocycles. The van der Waals surface area contributed by atoms with Gasteiger partial charge in [-0.1, -0.05) is 11.6 Å². The number of nitrogens with zero attached hydrogens (tertiary/aromatic N) is 1. The summed E-state index contributed by atoms with van der Waals surface area (Å²) in [6.07, 6.45) is 1.87. The van der Waals surface area contributed by atoms with Crippen LogP contribution in [0.4, 0.5) is 5.69 Å². The molecule has 1 aromatic carbocycles. The Balaban J connectivity index is 2.45. The molecule has 1 aromatic rings. The first-order chi connectivity index (χ1) is 9.74. The molecular weight excluding hydrogens is 298 g/mol. The minimum Gasteiger partial charge on any atom is -0.492 e. The van der Waals surface area contributed by atoms with Gasteiger partial charge in [0.25, 0.3) is 5.69 Å². The van der Waals surface area contributed by atoms with Crippen molar-refractivity contribution < 1.29 is 19.6 Å². The maximum atomic E-state index is 10.9. The molecular formula is C14H18ClNO5. The van der Waals surface area contributed by atoms with E-state index in [9.17, 15) is 14.9 Å². The molecule has 0 aliphatic heterocycles. The van der Waals surface area contributed by atoms with E-state index in [1.807, 2.05) is 0 Å². The number of carboxylic acids is 1. The molecule has 0 amide bonds. The van der Waals surface area contributed by atoms with Crippen LogP contribution in [-0.2, 0) is 4.79 Å². The van der Waals surface area contributed by atoms with Gasteiger partial charge in [0.05, 0.1) is 28.0 Å². The van der Waals surface area contributed by atoms with E-state index < -0.39 is 16.3 Å². The number of non-ortho nitro benzene ring substituents is 1. The smallest absolute Gasteiger partial charge is 0.309 e. The maximum Gasteiger partial charge on any atom is 0.309 e. The van der Waals surface area contributed by atoms with Crippen LogP contribution in [0.2, 0.25) is 5.02 Å². The predicted molar refractivity (Wildman–Crippen MR) is 78.9 cm³/mol. The third kappa shape index (κ3) is 5.23. The summed E-state index contributed by atoms with van der Waals surface area (Å²) in [5.41, 5.74) is -0.843. The molecule has 0 radical (unpaired) electrons. The molecule has 0 atom stereocenters. The molecule has 0 saturated heterocycles. The van der Waals surface area contributed by atoms with Gasteiger partial charge in [-0.05, 0) is 39.2 Å². The summed E-state index contributed by atoms with van der Waals surface area (Å²) in [5, 5.41) is 20.0. The van der Waals surface area contributed by atoms with Crippen molar-refractivity contribution in [3.8, 4) is 5.75 Å². The van der Waals surface area contributed by atoms with Gasteiger partial charge in [-0.2, -0.15) is 0 Å². The van der Waals surface area contributed by atoms with E-state index in [1.165, 1.54) is 18.2 Å². The Morgan fingerprint density at radius 1 is 1.43 bits per heavy atom. The molecule has 6 nitrogen and oxygen atoms in total. The van der Waals surface area contributed by atoms with Crippen LogP contribution in [0, 0.1) is 15.5 Å². The van der Waals surface area contributed by atoms with Crippen molar-refractivity contribution in [1.29, 1.82) is 0 Å². The zero-order chi connectivity index (χ0) is 16.0. The van der Waals surface area contributed by atoms with Crippen LogP contribution >= 0.6 is 11.6 Å². The van der Waals surface area contributed by atoms with Crippen LogP contribution < -0.4 is 4.74 Å². The first kappa shape index (κ1) is 17.2. The first-order valence-corrected chi connectivity index (χ1v) is 6.92. The van der Waals surface area contributed by atoms with Gasteiger partial charge in [-0.25, -0.2) is 0 Å². The highest BCUT2D eigenvalue weighted by Crippen LogP contribution is 2.29. The van der Waals surface area contributed by atoms with E-state index in [4.69, 9.17) is 21.4 Å². The topological polar surface area (TPSA) is 89.7 Å². The Morgan fingerprint density at radius 2 is 2.10 bits per heavy atom. The van der Waals surface area contributed by atoms with Crippen molar-refractivity contribution in [2.45, 2.75) is 33.1 Å². The summed E-state index contributed by atoms with van der Waals surface area (Å²) in [5.74, 6) is -0.562. The Labute approximate surface area is 127 Å². The quantitative estimate of drug-likeness (QED) is 0.446. The summed E-state index contributed by atoms with van der Waals surface area (Å²) in [4.78, 5) is 21.1. The number of ether oxygens (including phenoxy) is 1. The fraction of sp³-hybridized carbons (Fsp3) is 0.500. The van der Waals surface area contributed by atoms with E-state index in [0.717, 1.165) is 0 Å². The summed E-state index contributed by atoms with van der Waals surface area (Å²) < 4.78 is 5.42. The van der Waals surface area contributed by atoms with Crippen LogP contribution in [0.3, 0.4) is 0 Å². The van der Waals surface area contributed by atoms with Crippen LogP contribution in [0.5, 0.6) is 5.75 Å².